The van der Waals surface area contributed by atoms with Crippen LogP contribution in [-0.4, -0.2) is 33.4 Å². The SMILES string of the molecule is CCCCCCN.CCCCCCN.CCCCCCN.CCCCCC[NH3+].F[B-](F)(F)F. The second kappa shape index (κ2) is 45.2. The predicted molar refractivity (Wildman–Crippen MR) is 142 cm³/mol. The molecule has 0 saturated heterocycles. The fourth-order valence-corrected chi connectivity index (χ4v) is 2.32. The number of unbranched alkanes of at least 4 members (excludes halogenated alkanes) is 12. The van der Waals surface area contributed by atoms with Gasteiger partial charge in [0.2, 0.25) is 0 Å². The average Bonchev–Trinajstić information content (AvgIpc) is 2.76. The lowest BCUT2D eigenvalue weighted by Gasteiger charge is -1.94. The van der Waals surface area contributed by atoms with Gasteiger partial charge in [-0.1, -0.05) is 98.3 Å². The first kappa shape index (κ1) is 42.8. The zero-order chi connectivity index (χ0) is 26.6. The fraction of sp³-hybridized carbons (Fsp3) is 1.00. The van der Waals surface area contributed by atoms with Crippen LogP contribution in [0.15, 0.2) is 0 Å². The Morgan fingerprint density at radius 3 is 0.818 bits per heavy atom. The molecule has 208 valence electrons. The molecule has 0 atom stereocenters. The van der Waals surface area contributed by atoms with Gasteiger partial charge in [-0.15, -0.1) is 0 Å². The van der Waals surface area contributed by atoms with Crippen molar-refractivity contribution in [3.05, 3.63) is 0 Å². The molecule has 33 heavy (non-hydrogen) atoms. The standard InChI is InChI=1S/4C6H15N.BF4/c4*1-2-3-4-5-6-7;2-1(3,4)5/h4*2-7H2,1H3;/q;;;;-1/p+1. The number of hydrogen-bond donors (Lipinski definition) is 4. The van der Waals surface area contributed by atoms with E-state index in [1.165, 1.54) is 103 Å². The zero-order valence-corrected chi connectivity index (χ0v) is 22.7. The molecule has 0 aliphatic heterocycles. The Bertz CT molecular complexity index is 213. The maximum absolute atomic E-state index is 9.75. The molecule has 0 amide bonds. The summed E-state index contributed by atoms with van der Waals surface area (Å²) in [6.07, 6.45) is 20.9. The maximum atomic E-state index is 9.75. The van der Waals surface area contributed by atoms with Crippen LogP contribution < -0.4 is 22.9 Å². The molecule has 0 unspecified atom stereocenters. The number of nitrogens with two attached hydrogens (primary N) is 3. The first-order valence-electron chi connectivity index (χ1n) is 13.4. The highest BCUT2D eigenvalue weighted by Gasteiger charge is 2.20. The Hall–Kier alpha value is -0.375. The van der Waals surface area contributed by atoms with Gasteiger partial charge in [-0.25, -0.2) is 0 Å². The van der Waals surface area contributed by atoms with Crippen molar-refractivity contribution in [2.75, 3.05) is 26.2 Å². The van der Waals surface area contributed by atoms with E-state index in [0.29, 0.717) is 0 Å². The summed E-state index contributed by atoms with van der Waals surface area (Å²) in [5.74, 6) is 0. The minimum atomic E-state index is -6.00. The molecule has 0 aliphatic rings. The molecule has 0 heterocycles. The smallest absolute Gasteiger partial charge is 0.418 e. The molecule has 4 nitrogen and oxygen atoms in total. The molecule has 0 saturated carbocycles. The Morgan fingerprint density at radius 1 is 0.455 bits per heavy atom. The molecule has 9 N–H and O–H groups in total. The molecule has 0 aromatic carbocycles. The van der Waals surface area contributed by atoms with Crippen LogP contribution in [0.2, 0.25) is 0 Å². The first-order valence-corrected chi connectivity index (χ1v) is 13.4. The number of rotatable bonds is 16. The maximum Gasteiger partial charge on any atom is 0.673 e. The minimum Gasteiger partial charge on any atom is -0.418 e. The summed E-state index contributed by atoms with van der Waals surface area (Å²) in [7, 11) is -6.00. The Kier molecular flexibility index (Phi) is 58.5. The van der Waals surface area contributed by atoms with Crippen molar-refractivity contribution in [1.29, 1.82) is 0 Å². The van der Waals surface area contributed by atoms with Crippen LogP contribution in [0.25, 0.3) is 0 Å². The lowest BCUT2D eigenvalue weighted by atomic mass is 10.2. The van der Waals surface area contributed by atoms with Gasteiger partial charge in [0.1, 0.15) is 0 Å². The molecule has 0 fully saturated rings. The highest BCUT2D eigenvalue weighted by atomic mass is 19.5. The van der Waals surface area contributed by atoms with Crippen LogP contribution in [0.1, 0.15) is 130 Å². The molecule has 0 radical (unpaired) electrons. The summed E-state index contributed by atoms with van der Waals surface area (Å²) in [5.41, 5.74) is 19.6. The van der Waals surface area contributed by atoms with Crippen LogP contribution in [0, 0.1) is 0 Å². The van der Waals surface area contributed by atoms with Crippen LogP contribution in [0.3, 0.4) is 0 Å². The van der Waals surface area contributed by atoms with E-state index < -0.39 is 7.25 Å². The Balaban J connectivity index is -0.0000000995. The van der Waals surface area contributed by atoms with E-state index in [1.54, 1.807) is 0 Å². The Labute approximate surface area is 204 Å². The highest BCUT2D eigenvalue weighted by Crippen LogP contribution is 2.06. The molecule has 9 heteroatoms. The molecule has 0 aromatic heterocycles. The molecular weight excluding hydrogens is 431 g/mol. The normalized spacial score (nSPS) is 9.82. The largest absolute Gasteiger partial charge is 0.673 e. The van der Waals surface area contributed by atoms with E-state index >= 15 is 0 Å². The second-order valence-electron chi connectivity index (χ2n) is 7.96. The van der Waals surface area contributed by atoms with Gasteiger partial charge >= 0.3 is 7.25 Å². The summed E-state index contributed by atoms with van der Waals surface area (Å²) < 4.78 is 39.0. The van der Waals surface area contributed by atoms with Crippen LogP contribution in [0.4, 0.5) is 17.3 Å². The number of halogens is 4. The molecular formula is C24H61BF4N4. The van der Waals surface area contributed by atoms with Crippen LogP contribution in [-0.2, 0) is 0 Å². The van der Waals surface area contributed by atoms with Gasteiger partial charge in [0, 0.05) is 0 Å². The third kappa shape index (κ3) is 114. The topological polar surface area (TPSA) is 106 Å². The number of quaternary nitrogens is 1. The molecule has 0 rings (SSSR count). The van der Waals surface area contributed by atoms with Gasteiger partial charge in [0.25, 0.3) is 0 Å². The van der Waals surface area contributed by atoms with E-state index in [0.717, 1.165) is 26.2 Å². The van der Waals surface area contributed by atoms with Crippen LogP contribution in [0.5, 0.6) is 0 Å². The van der Waals surface area contributed by atoms with Gasteiger partial charge in [-0.2, -0.15) is 0 Å². The summed E-state index contributed by atoms with van der Waals surface area (Å²) in [4.78, 5) is 0. The van der Waals surface area contributed by atoms with Crippen molar-refractivity contribution >= 4 is 7.25 Å². The molecule has 0 aliphatic carbocycles. The van der Waals surface area contributed by atoms with Crippen molar-refractivity contribution in [1.82, 2.24) is 0 Å². The van der Waals surface area contributed by atoms with Crippen LogP contribution >= 0.6 is 0 Å². The number of hydrogen-bond acceptors (Lipinski definition) is 3. The predicted octanol–water partition coefficient (Wildman–Crippen LogP) is 6.68. The summed E-state index contributed by atoms with van der Waals surface area (Å²) in [6.45, 7) is 12.5. The van der Waals surface area contributed by atoms with Gasteiger partial charge < -0.3 is 40.2 Å². The van der Waals surface area contributed by atoms with Crippen molar-refractivity contribution in [2.24, 2.45) is 17.2 Å². The van der Waals surface area contributed by atoms with Gasteiger partial charge in [-0.3, -0.25) is 0 Å². The van der Waals surface area contributed by atoms with Crippen molar-refractivity contribution in [3.63, 3.8) is 0 Å². The summed E-state index contributed by atoms with van der Waals surface area (Å²) >= 11 is 0. The summed E-state index contributed by atoms with van der Waals surface area (Å²) in [5, 5.41) is 0. The molecule has 0 aromatic rings. The van der Waals surface area contributed by atoms with Gasteiger partial charge in [0.05, 0.1) is 6.54 Å². The first-order chi connectivity index (χ1) is 15.7. The second-order valence-corrected chi connectivity index (χ2v) is 7.96. The van der Waals surface area contributed by atoms with Gasteiger partial charge in [0.15, 0.2) is 0 Å². The lowest BCUT2D eigenvalue weighted by molar-refractivity contribution is -0.368. The van der Waals surface area contributed by atoms with Gasteiger partial charge in [-0.05, 0) is 51.7 Å². The van der Waals surface area contributed by atoms with Crippen molar-refractivity contribution < 1.29 is 23.0 Å². The third-order valence-electron chi connectivity index (χ3n) is 4.28. The highest BCUT2D eigenvalue weighted by molar-refractivity contribution is 6.50. The summed E-state index contributed by atoms with van der Waals surface area (Å²) in [6, 6.07) is 0. The van der Waals surface area contributed by atoms with E-state index in [-0.39, 0.29) is 0 Å². The van der Waals surface area contributed by atoms with E-state index in [9.17, 15) is 17.3 Å². The van der Waals surface area contributed by atoms with Crippen molar-refractivity contribution in [2.45, 2.75) is 130 Å². The quantitative estimate of drug-likeness (QED) is 0.110. The fourth-order valence-electron chi connectivity index (χ4n) is 2.32. The molecule has 0 bridgehead atoms. The zero-order valence-electron chi connectivity index (χ0n) is 22.7. The van der Waals surface area contributed by atoms with E-state index in [1.807, 2.05) is 0 Å². The lowest BCUT2D eigenvalue weighted by Crippen LogP contribution is -2.50. The average molecular weight is 493 g/mol. The Morgan fingerprint density at radius 2 is 0.667 bits per heavy atom. The molecule has 0 spiro atoms. The minimum absolute atomic E-state index is 0.861. The van der Waals surface area contributed by atoms with Crippen molar-refractivity contribution in [3.8, 4) is 0 Å². The van der Waals surface area contributed by atoms with E-state index in [4.69, 9.17) is 17.2 Å². The monoisotopic (exact) mass is 492 g/mol. The van der Waals surface area contributed by atoms with E-state index in [2.05, 4.69) is 33.4 Å². The third-order valence-corrected chi connectivity index (χ3v) is 4.28.